The van der Waals surface area contributed by atoms with Crippen molar-refractivity contribution >= 4 is 28.9 Å². The van der Waals surface area contributed by atoms with Crippen LogP contribution in [0.3, 0.4) is 0 Å². The number of rotatable bonds is 4. The fraction of sp³-hybridized carbons (Fsp3) is 0.111. The number of amides is 1. The highest BCUT2D eigenvalue weighted by Crippen LogP contribution is 2.05. The van der Waals surface area contributed by atoms with Crippen LogP contribution in [0.1, 0.15) is 10.4 Å². The van der Waals surface area contributed by atoms with Crippen molar-refractivity contribution in [1.82, 2.24) is 5.01 Å². The van der Waals surface area contributed by atoms with Crippen molar-refractivity contribution in [2.45, 2.75) is 0 Å². The number of hydrogen-bond donors (Lipinski definition) is 1. The van der Waals surface area contributed by atoms with E-state index in [2.05, 4.69) is 10.1 Å². The number of nitrogens with zero attached hydrogens (tertiary/aromatic N) is 4. The van der Waals surface area contributed by atoms with Crippen LogP contribution in [0, 0.1) is 0 Å². The predicted octanol–water partition coefficient (Wildman–Crippen LogP) is 2.02. The second kappa shape index (κ2) is 7.26. The first kappa shape index (κ1) is 15.0. The molecular formula is C9H9BrN4O3. The van der Waals surface area contributed by atoms with Gasteiger partial charge in [-0.15, -0.1) is 22.5 Å². The number of halogens is 1. The predicted molar refractivity (Wildman–Crippen MR) is 64.6 cm³/mol. The van der Waals surface area contributed by atoms with E-state index in [-0.39, 0.29) is 22.5 Å². The lowest BCUT2D eigenvalue weighted by Crippen LogP contribution is -2.30. The summed E-state index contributed by atoms with van der Waals surface area (Å²) in [4.78, 5) is 24.5. The summed E-state index contributed by atoms with van der Waals surface area (Å²) in [5.41, 5.74) is 8.48. The molecule has 0 radical (unpaired) electrons. The van der Waals surface area contributed by atoms with Crippen LogP contribution in [0.4, 0.5) is 0 Å². The second-order valence-electron chi connectivity index (χ2n) is 2.80. The molecule has 8 heteroatoms. The molecule has 0 saturated carbocycles. The first-order valence-corrected chi connectivity index (χ1v) is 4.29. The van der Waals surface area contributed by atoms with Gasteiger partial charge in [0.25, 0.3) is 0 Å². The largest absolute Gasteiger partial charge is 0.478 e. The van der Waals surface area contributed by atoms with E-state index in [1.165, 1.54) is 12.1 Å². The summed E-state index contributed by atoms with van der Waals surface area (Å²) in [6.07, 6.45) is 0. The van der Waals surface area contributed by atoms with Gasteiger partial charge < -0.3 is 5.11 Å². The molecular weight excluding hydrogens is 292 g/mol. The van der Waals surface area contributed by atoms with Crippen LogP contribution in [-0.2, 0) is 4.79 Å². The van der Waals surface area contributed by atoms with Crippen LogP contribution >= 0.6 is 17.0 Å². The third kappa shape index (κ3) is 4.54. The van der Waals surface area contributed by atoms with Gasteiger partial charge in [0.1, 0.15) is 0 Å². The van der Waals surface area contributed by atoms with E-state index in [1.54, 1.807) is 18.2 Å². The number of carbonyl (C=O) groups is 2. The van der Waals surface area contributed by atoms with Crippen LogP contribution < -0.4 is 0 Å². The minimum absolute atomic E-state index is 0. The minimum Gasteiger partial charge on any atom is -0.478 e. The van der Waals surface area contributed by atoms with Gasteiger partial charge in [0.2, 0.25) is 0 Å². The van der Waals surface area contributed by atoms with E-state index in [1.807, 2.05) is 0 Å². The monoisotopic (exact) mass is 300 g/mol. The molecule has 1 amide bonds. The minimum atomic E-state index is -1.25. The standard InChI is InChI=1S/C9H8N4O3.BrH/c10-11-12-13(6-8(14)15)9(16)7-4-2-1-3-5-7;/h1-5H,6H2,(H,14,15);1H. The van der Waals surface area contributed by atoms with Crippen LogP contribution in [0.15, 0.2) is 35.6 Å². The molecule has 0 bridgehead atoms. The molecule has 0 saturated heterocycles. The molecule has 90 valence electrons. The summed E-state index contributed by atoms with van der Waals surface area (Å²) in [5, 5.41) is 12.1. The van der Waals surface area contributed by atoms with Crippen molar-refractivity contribution in [3.8, 4) is 0 Å². The summed E-state index contributed by atoms with van der Waals surface area (Å²) in [5.74, 6) is -1.91. The summed E-state index contributed by atoms with van der Waals surface area (Å²) in [6, 6.07) is 7.98. The molecule has 1 aromatic carbocycles. The zero-order valence-electron chi connectivity index (χ0n) is 8.55. The molecule has 0 aromatic heterocycles. The van der Waals surface area contributed by atoms with Crippen LogP contribution in [-0.4, -0.2) is 28.5 Å². The number of carboxylic acid groups (broad SMARTS) is 1. The van der Waals surface area contributed by atoms with Gasteiger partial charge in [-0.25, -0.2) is 9.59 Å². The van der Waals surface area contributed by atoms with Crippen molar-refractivity contribution in [2.24, 2.45) is 5.22 Å². The van der Waals surface area contributed by atoms with Gasteiger partial charge in [0, 0.05) is 0 Å². The van der Waals surface area contributed by atoms with Crippen molar-refractivity contribution in [1.29, 1.82) is 0 Å². The Hall–Kier alpha value is -2.05. The first-order valence-electron chi connectivity index (χ1n) is 4.29. The maximum Gasteiger partial charge on any atom is 0.346 e. The molecule has 17 heavy (non-hydrogen) atoms. The van der Waals surface area contributed by atoms with E-state index in [0.717, 1.165) is 0 Å². The number of carbonyl (C=O) groups excluding carboxylic acids is 1. The first-order chi connectivity index (χ1) is 7.65. The Balaban J connectivity index is 0.00000256. The molecule has 0 aliphatic carbocycles. The molecule has 0 aliphatic rings. The van der Waals surface area contributed by atoms with Crippen molar-refractivity contribution in [3.05, 3.63) is 46.3 Å². The molecule has 0 atom stereocenters. The molecule has 1 N–H and O–H groups in total. The Morgan fingerprint density at radius 2 is 1.94 bits per heavy atom. The zero-order chi connectivity index (χ0) is 12.0. The fourth-order valence-electron chi connectivity index (χ4n) is 1.05. The Labute approximate surface area is 107 Å². The van der Waals surface area contributed by atoms with Crippen molar-refractivity contribution < 1.29 is 14.7 Å². The van der Waals surface area contributed by atoms with Gasteiger partial charge in [-0.05, 0) is 17.4 Å². The smallest absolute Gasteiger partial charge is 0.346 e. The van der Waals surface area contributed by atoms with Crippen LogP contribution in [0.25, 0.3) is 10.4 Å². The number of benzene rings is 1. The molecule has 7 nitrogen and oxygen atoms in total. The Bertz CT molecular complexity index is 445. The summed E-state index contributed by atoms with van der Waals surface area (Å²) in [7, 11) is 0. The lowest BCUT2D eigenvalue weighted by Gasteiger charge is -2.08. The molecule has 0 heterocycles. The number of carboxylic acids is 1. The highest BCUT2D eigenvalue weighted by molar-refractivity contribution is 8.93. The van der Waals surface area contributed by atoms with Gasteiger partial charge >= 0.3 is 11.9 Å². The van der Waals surface area contributed by atoms with Crippen molar-refractivity contribution in [3.63, 3.8) is 0 Å². The summed E-state index contributed by atoms with van der Waals surface area (Å²) < 4.78 is 0. The van der Waals surface area contributed by atoms with E-state index in [9.17, 15) is 9.59 Å². The van der Waals surface area contributed by atoms with Crippen LogP contribution in [0.2, 0.25) is 0 Å². The quantitative estimate of drug-likeness (QED) is 0.398. The molecule has 1 aromatic rings. The highest BCUT2D eigenvalue weighted by atomic mass is 79.9. The van der Waals surface area contributed by atoms with Crippen LogP contribution in [0.5, 0.6) is 0 Å². The van der Waals surface area contributed by atoms with Crippen molar-refractivity contribution in [2.75, 3.05) is 6.54 Å². The van der Waals surface area contributed by atoms with Gasteiger partial charge in [-0.2, -0.15) is 9.92 Å². The maximum absolute atomic E-state index is 11.7. The van der Waals surface area contributed by atoms with E-state index in [4.69, 9.17) is 10.6 Å². The molecule has 1 rings (SSSR count). The number of azide groups is 1. The Morgan fingerprint density at radius 3 is 2.41 bits per heavy atom. The second-order valence-corrected chi connectivity index (χ2v) is 2.80. The summed E-state index contributed by atoms with van der Waals surface area (Å²) in [6.45, 7) is -0.669. The molecule has 0 unspecified atom stereocenters. The van der Waals surface area contributed by atoms with E-state index >= 15 is 0 Å². The average Bonchev–Trinajstić information content (AvgIpc) is 2.28. The summed E-state index contributed by atoms with van der Waals surface area (Å²) >= 11 is 0. The number of hydrogen-bond acceptors (Lipinski definition) is 3. The molecule has 0 fully saturated rings. The Morgan fingerprint density at radius 1 is 1.35 bits per heavy atom. The lowest BCUT2D eigenvalue weighted by molar-refractivity contribution is -0.137. The van der Waals surface area contributed by atoms with E-state index < -0.39 is 18.4 Å². The van der Waals surface area contributed by atoms with Gasteiger partial charge in [0.05, 0.1) is 5.56 Å². The van der Waals surface area contributed by atoms with E-state index in [0.29, 0.717) is 5.01 Å². The normalized spacial score (nSPS) is 8.47. The zero-order valence-corrected chi connectivity index (χ0v) is 10.3. The fourth-order valence-corrected chi connectivity index (χ4v) is 1.05. The SMILES string of the molecule is Br.[N-]=[N+]=NN(CC(=O)O)C(=O)c1ccccc1. The van der Waals surface area contributed by atoms with Gasteiger partial charge in [-0.1, -0.05) is 18.2 Å². The number of aliphatic carboxylic acids is 1. The maximum atomic E-state index is 11.7. The Kier molecular flexibility index (Phi) is 6.39. The van der Waals surface area contributed by atoms with Gasteiger partial charge in [0.15, 0.2) is 6.54 Å². The lowest BCUT2D eigenvalue weighted by atomic mass is 10.2. The molecule has 0 aliphatic heterocycles. The molecule has 0 spiro atoms. The topological polar surface area (TPSA) is 106 Å². The average molecular weight is 301 g/mol. The third-order valence-electron chi connectivity index (χ3n) is 1.69. The third-order valence-corrected chi connectivity index (χ3v) is 1.69. The highest BCUT2D eigenvalue weighted by Gasteiger charge is 2.21. The van der Waals surface area contributed by atoms with Gasteiger partial charge in [-0.3, -0.25) is 0 Å².